The Morgan fingerprint density at radius 3 is 2.48 bits per heavy atom. The first-order chi connectivity index (χ1) is 13.0. The summed E-state index contributed by atoms with van der Waals surface area (Å²) in [6.07, 6.45) is 3.06. The van der Waals surface area contributed by atoms with Crippen LogP contribution in [0, 0.1) is 18.8 Å². The van der Waals surface area contributed by atoms with E-state index in [4.69, 9.17) is 4.74 Å². The first-order valence-electron chi connectivity index (χ1n) is 9.62. The van der Waals surface area contributed by atoms with E-state index < -0.39 is 6.09 Å². The first kappa shape index (κ1) is 19.2. The second-order valence-corrected chi connectivity index (χ2v) is 7.21. The molecular formula is C20H27N3O4. The second kappa shape index (κ2) is 8.41. The average molecular weight is 373 g/mol. The number of anilines is 2. The molecule has 0 aromatic heterocycles. The summed E-state index contributed by atoms with van der Waals surface area (Å²) < 4.78 is 4.90. The molecule has 0 radical (unpaired) electrons. The zero-order valence-electron chi connectivity index (χ0n) is 15.9. The molecule has 0 unspecified atom stereocenters. The number of nitrogens with one attached hydrogen (secondary N) is 2. The zero-order valence-corrected chi connectivity index (χ0v) is 15.9. The topological polar surface area (TPSA) is 87.7 Å². The molecule has 1 saturated carbocycles. The largest absolute Gasteiger partial charge is 0.450 e. The van der Waals surface area contributed by atoms with E-state index in [1.54, 1.807) is 25.1 Å². The van der Waals surface area contributed by atoms with Gasteiger partial charge in [0.15, 0.2) is 0 Å². The van der Waals surface area contributed by atoms with Crippen molar-refractivity contribution in [1.29, 1.82) is 0 Å². The Morgan fingerprint density at radius 2 is 1.81 bits per heavy atom. The van der Waals surface area contributed by atoms with Crippen LogP contribution >= 0.6 is 0 Å². The highest BCUT2D eigenvalue weighted by molar-refractivity contribution is 5.96. The Kier molecular flexibility index (Phi) is 5.98. The molecule has 1 aliphatic heterocycles. The molecular weight excluding hydrogens is 346 g/mol. The van der Waals surface area contributed by atoms with Crippen molar-refractivity contribution in [2.75, 3.05) is 30.3 Å². The van der Waals surface area contributed by atoms with Crippen molar-refractivity contribution in [1.82, 2.24) is 4.90 Å². The van der Waals surface area contributed by atoms with Gasteiger partial charge < -0.3 is 15.0 Å². The lowest BCUT2D eigenvalue weighted by molar-refractivity contribution is -0.135. The third kappa shape index (κ3) is 4.78. The molecule has 7 heteroatoms. The molecule has 3 rings (SSSR count). The van der Waals surface area contributed by atoms with Gasteiger partial charge in [-0.05, 0) is 57.2 Å². The monoisotopic (exact) mass is 373 g/mol. The molecule has 7 nitrogen and oxygen atoms in total. The number of hydrogen-bond donors (Lipinski definition) is 2. The number of rotatable bonds is 5. The normalized spacial score (nSPS) is 19.3. The maximum Gasteiger partial charge on any atom is 0.411 e. The third-order valence-corrected chi connectivity index (χ3v) is 5.13. The predicted molar refractivity (Wildman–Crippen MR) is 102 cm³/mol. The SMILES string of the molecule is CCOC(=O)Nc1cccc(NC(=O)[C@@H]2CCCN(C(=O)C3CC3)C2)c1C. The Bertz CT molecular complexity index is 730. The van der Waals surface area contributed by atoms with Crippen molar-refractivity contribution < 1.29 is 19.1 Å². The zero-order chi connectivity index (χ0) is 19.4. The highest BCUT2D eigenvalue weighted by Crippen LogP contribution is 2.33. The fourth-order valence-corrected chi connectivity index (χ4v) is 3.40. The van der Waals surface area contributed by atoms with Gasteiger partial charge in [-0.2, -0.15) is 0 Å². The van der Waals surface area contributed by atoms with E-state index >= 15 is 0 Å². The summed E-state index contributed by atoms with van der Waals surface area (Å²) in [5, 5.41) is 5.64. The van der Waals surface area contributed by atoms with E-state index in [1.807, 2.05) is 11.8 Å². The number of carbonyl (C=O) groups is 3. The Balaban J connectivity index is 1.63. The summed E-state index contributed by atoms with van der Waals surface area (Å²) in [7, 11) is 0. The summed E-state index contributed by atoms with van der Waals surface area (Å²) in [6.45, 7) is 5.10. The molecule has 1 atom stereocenters. The van der Waals surface area contributed by atoms with Crippen LogP contribution in [-0.2, 0) is 14.3 Å². The van der Waals surface area contributed by atoms with Crippen molar-refractivity contribution >= 4 is 29.3 Å². The summed E-state index contributed by atoms with van der Waals surface area (Å²) >= 11 is 0. The van der Waals surface area contributed by atoms with Crippen LogP contribution in [0.2, 0.25) is 0 Å². The number of likely N-dealkylation sites (tertiary alicyclic amines) is 1. The van der Waals surface area contributed by atoms with Crippen LogP contribution in [0.4, 0.5) is 16.2 Å². The lowest BCUT2D eigenvalue weighted by atomic mass is 9.96. The van der Waals surface area contributed by atoms with Crippen molar-refractivity contribution in [3.63, 3.8) is 0 Å². The number of nitrogens with zero attached hydrogens (tertiary/aromatic N) is 1. The van der Waals surface area contributed by atoms with Crippen LogP contribution in [0.3, 0.4) is 0 Å². The van der Waals surface area contributed by atoms with Crippen LogP contribution in [0.1, 0.15) is 38.2 Å². The molecule has 0 bridgehead atoms. The maximum absolute atomic E-state index is 12.7. The molecule has 146 valence electrons. The van der Waals surface area contributed by atoms with Gasteiger partial charge in [-0.1, -0.05) is 6.07 Å². The molecule has 0 spiro atoms. The predicted octanol–water partition coefficient (Wildman–Crippen LogP) is 3.15. The van der Waals surface area contributed by atoms with Crippen molar-refractivity contribution in [3.05, 3.63) is 23.8 Å². The second-order valence-electron chi connectivity index (χ2n) is 7.21. The highest BCUT2D eigenvalue weighted by Gasteiger charge is 2.36. The summed E-state index contributed by atoms with van der Waals surface area (Å²) in [5.74, 6) is 0.0891. The van der Waals surface area contributed by atoms with Gasteiger partial charge in [0.05, 0.1) is 12.5 Å². The van der Waals surface area contributed by atoms with Crippen LogP contribution in [-0.4, -0.2) is 42.5 Å². The molecule has 1 aliphatic carbocycles. The number of piperidine rings is 1. The van der Waals surface area contributed by atoms with Gasteiger partial charge in [-0.25, -0.2) is 4.79 Å². The van der Waals surface area contributed by atoms with E-state index in [9.17, 15) is 14.4 Å². The number of amides is 3. The van der Waals surface area contributed by atoms with Crippen LogP contribution in [0.15, 0.2) is 18.2 Å². The van der Waals surface area contributed by atoms with Crippen molar-refractivity contribution in [2.24, 2.45) is 11.8 Å². The Morgan fingerprint density at radius 1 is 1.11 bits per heavy atom. The van der Waals surface area contributed by atoms with Crippen LogP contribution in [0.25, 0.3) is 0 Å². The molecule has 2 fully saturated rings. The van der Waals surface area contributed by atoms with E-state index in [0.717, 1.165) is 37.8 Å². The van der Waals surface area contributed by atoms with Gasteiger partial charge in [-0.15, -0.1) is 0 Å². The fraction of sp³-hybridized carbons (Fsp3) is 0.550. The van der Waals surface area contributed by atoms with Gasteiger partial charge in [-0.3, -0.25) is 14.9 Å². The van der Waals surface area contributed by atoms with Crippen LogP contribution in [0.5, 0.6) is 0 Å². The van der Waals surface area contributed by atoms with Gasteiger partial charge in [0.1, 0.15) is 0 Å². The van der Waals surface area contributed by atoms with Crippen molar-refractivity contribution in [2.45, 2.75) is 39.5 Å². The maximum atomic E-state index is 12.7. The summed E-state index contributed by atoms with van der Waals surface area (Å²) in [4.78, 5) is 38.5. The Labute approximate surface area is 159 Å². The van der Waals surface area contributed by atoms with Gasteiger partial charge in [0.25, 0.3) is 0 Å². The lowest BCUT2D eigenvalue weighted by Gasteiger charge is -2.32. The minimum Gasteiger partial charge on any atom is -0.450 e. The third-order valence-electron chi connectivity index (χ3n) is 5.13. The molecule has 2 aliphatic rings. The van der Waals surface area contributed by atoms with Gasteiger partial charge >= 0.3 is 6.09 Å². The minimum absolute atomic E-state index is 0.0836. The van der Waals surface area contributed by atoms with Crippen molar-refractivity contribution in [3.8, 4) is 0 Å². The lowest BCUT2D eigenvalue weighted by Crippen LogP contribution is -2.44. The van der Waals surface area contributed by atoms with E-state index in [1.165, 1.54) is 0 Å². The average Bonchev–Trinajstić information content (AvgIpc) is 3.50. The quantitative estimate of drug-likeness (QED) is 0.830. The molecule has 1 aromatic rings. The molecule has 3 amide bonds. The highest BCUT2D eigenvalue weighted by atomic mass is 16.5. The van der Waals surface area contributed by atoms with E-state index in [-0.39, 0.29) is 23.7 Å². The Hall–Kier alpha value is -2.57. The number of hydrogen-bond acceptors (Lipinski definition) is 4. The van der Waals surface area contributed by atoms with Gasteiger partial charge in [0.2, 0.25) is 11.8 Å². The minimum atomic E-state index is -0.523. The number of benzene rings is 1. The molecule has 1 aromatic carbocycles. The molecule has 2 N–H and O–H groups in total. The molecule has 27 heavy (non-hydrogen) atoms. The smallest absolute Gasteiger partial charge is 0.411 e. The number of carbonyl (C=O) groups excluding carboxylic acids is 3. The van der Waals surface area contributed by atoms with Crippen LogP contribution < -0.4 is 10.6 Å². The summed E-state index contributed by atoms with van der Waals surface area (Å²) in [5.41, 5.74) is 2.01. The first-order valence-corrected chi connectivity index (χ1v) is 9.62. The van der Waals surface area contributed by atoms with Gasteiger partial charge in [0, 0.05) is 30.4 Å². The molecule has 1 saturated heterocycles. The molecule has 1 heterocycles. The van der Waals surface area contributed by atoms with E-state index in [0.29, 0.717) is 24.5 Å². The standard InChI is InChI=1S/C20H27N3O4/c1-3-27-20(26)22-17-8-4-7-16(13(17)2)21-18(24)15-6-5-11-23(12-15)19(25)14-9-10-14/h4,7-8,14-15H,3,5-6,9-12H2,1-2H3,(H,21,24)(H,22,26)/t15-/m1/s1. The number of ether oxygens (including phenoxy) is 1. The van der Waals surface area contributed by atoms with E-state index in [2.05, 4.69) is 10.6 Å². The fourth-order valence-electron chi connectivity index (χ4n) is 3.40. The summed E-state index contributed by atoms with van der Waals surface area (Å²) in [6, 6.07) is 5.34.